The van der Waals surface area contributed by atoms with E-state index in [2.05, 4.69) is 35.6 Å². The Balaban J connectivity index is 2.29. The highest BCUT2D eigenvalue weighted by Crippen LogP contribution is 2.19. The summed E-state index contributed by atoms with van der Waals surface area (Å²) >= 11 is 7.44. The molecule has 0 aliphatic carbocycles. The van der Waals surface area contributed by atoms with Gasteiger partial charge in [-0.1, -0.05) is 32.4 Å². The average Bonchev–Trinajstić information content (AvgIpc) is 2.78. The summed E-state index contributed by atoms with van der Waals surface area (Å²) in [6, 6.07) is 0. The van der Waals surface area contributed by atoms with Crippen LogP contribution >= 0.6 is 22.9 Å². The Morgan fingerprint density at radius 3 is 2.22 bits per heavy atom. The Morgan fingerprint density at radius 1 is 1.11 bits per heavy atom. The summed E-state index contributed by atoms with van der Waals surface area (Å²) in [4.78, 5) is 10.3. The third-order valence-corrected chi connectivity index (χ3v) is 4.29. The van der Waals surface area contributed by atoms with E-state index < -0.39 is 0 Å². The maximum absolute atomic E-state index is 5.85. The standard InChI is InChI=1S/C13H24ClN3S/c1-4-16(5-2)8-7-9-17(6-3)11-12-10-15-13(14)18-12/h10H,4-9,11H2,1-3H3. The van der Waals surface area contributed by atoms with Gasteiger partial charge in [-0.05, 0) is 39.1 Å². The van der Waals surface area contributed by atoms with Gasteiger partial charge in [0.1, 0.15) is 0 Å². The average molecular weight is 290 g/mol. The molecule has 104 valence electrons. The molecule has 0 bridgehead atoms. The van der Waals surface area contributed by atoms with E-state index in [1.54, 1.807) is 11.3 Å². The highest BCUT2D eigenvalue weighted by atomic mass is 35.5. The van der Waals surface area contributed by atoms with Crippen molar-refractivity contribution in [3.8, 4) is 0 Å². The lowest BCUT2D eigenvalue weighted by atomic mass is 10.3. The van der Waals surface area contributed by atoms with E-state index in [9.17, 15) is 0 Å². The van der Waals surface area contributed by atoms with Crippen LogP contribution in [0, 0.1) is 0 Å². The van der Waals surface area contributed by atoms with Gasteiger partial charge in [-0.15, -0.1) is 11.3 Å². The monoisotopic (exact) mass is 289 g/mol. The van der Waals surface area contributed by atoms with Gasteiger partial charge in [0.25, 0.3) is 0 Å². The molecule has 0 fully saturated rings. The smallest absolute Gasteiger partial charge is 0.183 e. The van der Waals surface area contributed by atoms with Crippen LogP contribution in [0.4, 0.5) is 0 Å². The molecule has 0 N–H and O–H groups in total. The van der Waals surface area contributed by atoms with Gasteiger partial charge in [0.05, 0.1) is 0 Å². The fraction of sp³-hybridized carbons (Fsp3) is 0.769. The third kappa shape index (κ3) is 5.65. The number of rotatable bonds is 9. The Morgan fingerprint density at radius 2 is 1.72 bits per heavy atom. The molecule has 1 aromatic rings. The number of hydrogen-bond acceptors (Lipinski definition) is 4. The topological polar surface area (TPSA) is 19.4 Å². The predicted octanol–water partition coefficient (Wildman–Crippen LogP) is 3.35. The molecule has 0 saturated heterocycles. The largest absolute Gasteiger partial charge is 0.304 e. The summed E-state index contributed by atoms with van der Waals surface area (Å²) in [6.45, 7) is 13.3. The van der Waals surface area contributed by atoms with Crippen LogP contribution in [0.1, 0.15) is 32.1 Å². The van der Waals surface area contributed by atoms with Gasteiger partial charge in [0.15, 0.2) is 4.47 Å². The molecule has 1 rings (SSSR count). The van der Waals surface area contributed by atoms with E-state index in [-0.39, 0.29) is 0 Å². The van der Waals surface area contributed by atoms with Crippen molar-refractivity contribution in [3.05, 3.63) is 15.5 Å². The van der Waals surface area contributed by atoms with Gasteiger partial charge < -0.3 is 4.90 Å². The van der Waals surface area contributed by atoms with Crippen molar-refractivity contribution in [2.75, 3.05) is 32.7 Å². The van der Waals surface area contributed by atoms with E-state index in [4.69, 9.17) is 11.6 Å². The van der Waals surface area contributed by atoms with Crippen molar-refractivity contribution in [2.24, 2.45) is 0 Å². The summed E-state index contributed by atoms with van der Waals surface area (Å²) < 4.78 is 0.643. The molecule has 0 radical (unpaired) electrons. The van der Waals surface area contributed by atoms with Crippen LogP contribution in [0.5, 0.6) is 0 Å². The summed E-state index contributed by atoms with van der Waals surface area (Å²) in [6.07, 6.45) is 3.11. The molecule has 5 heteroatoms. The fourth-order valence-electron chi connectivity index (χ4n) is 1.98. The van der Waals surface area contributed by atoms with Crippen LogP contribution in [0.25, 0.3) is 0 Å². The van der Waals surface area contributed by atoms with Crippen LogP contribution in [0.2, 0.25) is 4.47 Å². The molecule has 0 atom stereocenters. The van der Waals surface area contributed by atoms with E-state index in [1.807, 2.05) is 6.20 Å². The Labute approximate surface area is 120 Å². The first-order chi connectivity index (χ1) is 8.69. The maximum Gasteiger partial charge on any atom is 0.183 e. The normalized spacial score (nSPS) is 11.7. The van der Waals surface area contributed by atoms with Gasteiger partial charge in [-0.3, -0.25) is 4.90 Å². The molecule has 0 amide bonds. The summed E-state index contributed by atoms with van der Waals surface area (Å²) in [5, 5.41) is 0. The fourth-order valence-corrected chi connectivity index (χ4v) is 3.00. The Hall–Kier alpha value is -0.160. The highest BCUT2D eigenvalue weighted by molar-refractivity contribution is 7.15. The van der Waals surface area contributed by atoms with Crippen molar-refractivity contribution < 1.29 is 0 Å². The molecule has 0 saturated carbocycles. The molecule has 0 spiro atoms. The summed E-state index contributed by atoms with van der Waals surface area (Å²) in [5.74, 6) is 0. The van der Waals surface area contributed by atoms with E-state index in [0.29, 0.717) is 4.47 Å². The number of thiazole rings is 1. The second-order valence-electron chi connectivity index (χ2n) is 4.33. The minimum atomic E-state index is 0.643. The zero-order valence-corrected chi connectivity index (χ0v) is 13.2. The van der Waals surface area contributed by atoms with Crippen molar-refractivity contribution in [3.63, 3.8) is 0 Å². The second kappa shape index (κ2) is 8.86. The number of halogens is 1. The lowest BCUT2D eigenvalue weighted by molar-refractivity contribution is 0.239. The second-order valence-corrected chi connectivity index (χ2v) is 6.03. The maximum atomic E-state index is 5.85. The van der Waals surface area contributed by atoms with Crippen molar-refractivity contribution >= 4 is 22.9 Å². The van der Waals surface area contributed by atoms with Crippen LogP contribution < -0.4 is 0 Å². The molecule has 0 unspecified atom stereocenters. The molecular weight excluding hydrogens is 266 g/mol. The minimum absolute atomic E-state index is 0.643. The van der Waals surface area contributed by atoms with Crippen molar-refractivity contribution in [1.82, 2.24) is 14.8 Å². The zero-order valence-electron chi connectivity index (χ0n) is 11.7. The lowest BCUT2D eigenvalue weighted by Gasteiger charge is -2.22. The van der Waals surface area contributed by atoms with Crippen molar-refractivity contribution in [2.45, 2.75) is 33.7 Å². The van der Waals surface area contributed by atoms with Crippen molar-refractivity contribution in [1.29, 1.82) is 0 Å². The molecule has 1 heterocycles. The van der Waals surface area contributed by atoms with Crippen LogP contribution in [-0.2, 0) is 6.54 Å². The van der Waals surface area contributed by atoms with E-state index in [1.165, 1.54) is 17.8 Å². The summed E-state index contributed by atoms with van der Waals surface area (Å²) in [7, 11) is 0. The zero-order chi connectivity index (χ0) is 13.4. The first kappa shape index (κ1) is 15.9. The third-order valence-electron chi connectivity index (χ3n) is 3.20. The first-order valence-corrected chi connectivity index (χ1v) is 7.93. The van der Waals surface area contributed by atoms with Crippen LogP contribution in [-0.4, -0.2) is 47.5 Å². The highest BCUT2D eigenvalue weighted by Gasteiger charge is 2.07. The van der Waals surface area contributed by atoms with Gasteiger partial charge in [0, 0.05) is 17.6 Å². The molecule has 0 aromatic carbocycles. The predicted molar refractivity (Wildman–Crippen MR) is 80.5 cm³/mol. The molecule has 18 heavy (non-hydrogen) atoms. The van der Waals surface area contributed by atoms with Crippen LogP contribution in [0.3, 0.4) is 0 Å². The van der Waals surface area contributed by atoms with Gasteiger partial charge in [-0.2, -0.15) is 0 Å². The molecular formula is C13H24ClN3S. The van der Waals surface area contributed by atoms with Gasteiger partial charge >= 0.3 is 0 Å². The molecule has 3 nitrogen and oxygen atoms in total. The Kier molecular flexibility index (Phi) is 7.82. The quantitative estimate of drug-likeness (QED) is 0.695. The summed E-state index contributed by atoms with van der Waals surface area (Å²) in [5.41, 5.74) is 0. The van der Waals surface area contributed by atoms with E-state index >= 15 is 0 Å². The van der Waals surface area contributed by atoms with Gasteiger partial charge in [0.2, 0.25) is 0 Å². The molecule has 0 aliphatic heterocycles. The number of aromatic nitrogens is 1. The first-order valence-electron chi connectivity index (χ1n) is 6.74. The number of hydrogen-bond donors (Lipinski definition) is 0. The van der Waals surface area contributed by atoms with Gasteiger partial charge in [-0.25, -0.2) is 4.98 Å². The van der Waals surface area contributed by atoms with Crippen LogP contribution in [0.15, 0.2) is 6.20 Å². The SMILES string of the molecule is CCN(CC)CCCN(CC)Cc1cnc(Cl)s1. The Bertz CT molecular complexity index is 326. The minimum Gasteiger partial charge on any atom is -0.304 e. The molecule has 0 aliphatic rings. The van der Waals surface area contributed by atoms with E-state index in [0.717, 1.165) is 32.7 Å². The number of nitrogens with zero attached hydrogens (tertiary/aromatic N) is 3. The molecule has 1 aromatic heterocycles. The lowest BCUT2D eigenvalue weighted by Crippen LogP contribution is -2.29.